The molecule has 0 amide bonds. The van der Waals surface area contributed by atoms with Crippen molar-refractivity contribution in [1.29, 1.82) is 0 Å². The van der Waals surface area contributed by atoms with Crippen LogP contribution >= 0.6 is 0 Å². The molecule has 0 atom stereocenters. The summed E-state index contributed by atoms with van der Waals surface area (Å²) in [4.78, 5) is 19.1. The minimum Gasteiger partial charge on any atom is -0.478 e. The van der Waals surface area contributed by atoms with Crippen LogP contribution in [0.3, 0.4) is 0 Å². The number of hydrogen-bond acceptors (Lipinski definition) is 2. The van der Waals surface area contributed by atoms with Crippen molar-refractivity contribution in [2.45, 2.75) is 0 Å². The van der Waals surface area contributed by atoms with Gasteiger partial charge < -0.3 is 27.5 Å². The van der Waals surface area contributed by atoms with E-state index < -0.39 is 19.2 Å². The highest BCUT2D eigenvalue weighted by atomic mass is 19.5. The van der Waals surface area contributed by atoms with E-state index in [0.717, 1.165) is 0 Å². The van der Waals surface area contributed by atoms with E-state index in [1.165, 1.54) is 0 Å². The van der Waals surface area contributed by atoms with Gasteiger partial charge in [-0.15, -0.1) is 0 Å². The Kier molecular flexibility index (Phi) is 6.51. The van der Waals surface area contributed by atoms with Gasteiger partial charge in [-0.2, -0.15) is 0 Å². The average molecular weight is 203 g/mol. The number of carboxylic acid groups (broad SMARTS) is 2. The molecule has 0 rings (SSSR count). The van der Waals surface area contributed by atoms with E-state index >= 15 is 0 Å². The Morgan fingerprint density at radius 1 is 0.923 bits per heavy atom. The Morgan fingerprint density at radius 3 is 1.15 bits per heavy atom. The van der Waals surface area contributed by atoms with Gasteiger partial charge in [0.25, 0.3) is 0 Å². The van der Waals surface area contributed by atoms with E-state index in [9.17, 15) is 26.9 Å². The van der Waals surface area contributed by atoms with Gasteiger partial charge in [0, 0.05) is 12.2 Å². The molecule has 2 N–H and O–H groups in total. The molecule has 13 heavy (non-hydrogen) atoms. The van der Waals surface area contributed by atoms with E-state index in [2.05, 4.69) is 0 Å². The first-order valence-corrected chi connectivity index (χ1v) is 2.64. The van der Waals surface area contributed by atoms with Crippen molar-refractivity contribution in [3.05, 3.63) is 12.2 Å². The molecule has 0 aromatic heterocycles. The fourth-order valence-corrected chi connectivity index (χ4v) is 0.143. The summed E-state index contributed by atoms with van der Waals surface area (Å²) in [5.74, 6) is -2.51. The molecular formula is C4H4BF4O4-. The van der Waals surface area contributed by atoms with E-state index in [1.807, 2.05) is 0 Å². The van der Waals surface area contributed by atoms with E-state index in [-0.39, 0.29) is 0 Å². The third-order valence-electron chi connectivity index (χ3n) is 0.368. The lowest BCUT2D eigenvalue weighted by molar-refractivity contribution is -0.134. The van der Waals surface area contributed by atoms with Gasteiger partial charge in [-0.3, -0.25) is 0 Å². The molecule has 0 saturated carbocycles. The topological polar surface area (TPSA) is 74.6 Å². The molecular weight excluding hydrogens is 199 g/mol. The molecule has 9 heteroatoms. The maximum atomic E-state index is 9.75. The summed E-state index contributed by atoms with van der Waals surface area (Å²) in [6, 6.07) is 0. The minimum atomic E-state index is -6.00. The normalized spacial score (nSPS) is 10.5. The molecule has 0 aromatic rings. The van der Waals surface area contributed by atoms with Gasteiger partial charge >= 0.3 is 19.2 Å². The van der Waals surface area contributed by atoms with Crippen LogP contribution in [-0.4, -0.2) is 29.4 Å². The first-order chi connectivity index (χ1) is 5.63. The number of rotatable bonds is 2. The van der Waals surface area contributed by atoms with Gasteiger partial charge in [0.1, 0.15) is 0 Å². The molecule has 0 spiro atoms. The lowest BCUT2D eigenvalue weighted by Gasteiger charge is -1.94. The van der Waals surface area contributed by atoms with Gasteiger partial charge in [-0.05, 0) is 0 Å². The zero-order chi connectivity index (χ0) is 11.1. The first-order valence-electron chi connectivity index (χ1n) is 2.64. The van der Waals surface area contributed by atoms with Crippen LogP contribution in [0.2, 0.25) is 0 Å². The molecule has 0 radical (unpaired) electrons. The largest absolute Gasteiger partial charge is 0.673 e. The lowest BCUT2D eigenvalue weighted by atomic mass is 10.3. The molecule has 0 saturated heterocycles. The van der Waals surface area contributed by atoms with Crippen molar-refractivity contribution in [3.63, 3.8) is 0 Å². The summed E-state index contributed by atoms with van der Waals surface area (Å²) < 4.78 is 39.0. The van der Waals surface area contributed by atoms with Crippen LogP contribution in [0.15, 0.2) is 12.2 Å². The number of aliphatic carboxylic acids is 2. The van der Waals surface area contributed by atoms with Gasteiger partial charge in [0.15, 0.2) is 0 Å². The van der Waals surface area contributed by atoms with Crippen molar-refractivity contribution < 1.29 is 37.1 Å². The molecule has 0 aliphatic rings. The van der Waals surface area contributed by atoms with Crippen LogP contribution in [0, 0.1) is 0 Å². The Labute approximate surface area is 69.6 Å². The molecule has 0 aliphatic carbocycles. The lowest BCUT2D eigenvalue weighted by Crippen LogP contribution is -2.02. The van der Waals surface area contributed by atoms with Crippen molar-refractivity contribution in [1.82, 2.24) is 0 Å². The standard InChI is InChI=1S/C4H4O4.BF4/c5-3(6)1-2-4(7)8;2-1(3,4)5/h1-2H,(H,5,6)(H,7,8);/q;-1/b2-1+;. The summed E-state index contributed by atoms with van der Waals surface area (Å²) in [5, 5.41) is 15.6. The summed E-state index contributed by atoms with van der Waals surface area (Å²) in [6.45, 7) is 0. The number of carboxylic acids is 2. The summed E-state index contributed by atoms with van der Waals surface area (Å²) in [5.41, 5.74) is 0. The summed E-state index contributed by atoms with van der Waals surface area (Å²) in [7, 11) is -6.00. The minimum absolute atomic E-state index is 0.558. The average Bonchev–Trinajstić information content (AvgIpc) is 1.79. The number of halogens is 4. The second-order valence-electron chi connectivity index (χ2n) is 1.50. The Bertz CT molecular complexity index is 189. The molecule has 4 nitrogen and oxygen atoms in total. The third kappa shape index (κ3) is 62.5. The highest BCUT2D eigenvalue weighted by Gasteiger charge is 2.20. The Hall–Kier alpha value is -1.54. The molecule has 0 bridgehead atoms. The molecule has 0 fully saturated rings. The van der Waals surface area contributed by atoms with Crippen molar-refractivity contribution in [2.24, 2.45) is 0 Å². The quantitative estimate of drug-likeness (QED) is 0.398. The highest BCUT2D eigenvalue weighted by molar-refractivity contribution is 6.50. The molecule has 0 heterocycles. The van der Waals surface area contributed by atoms with E-state index in [0.29, 0.717) is 12.2 Å². The second-order valence-corrected chi connectivity index (χ2v) is 1.50. The Morgan fingerprint density at radius 2 is 1.08 bits per heavy atom. The van der Waals surface area contributed by atoms with Crippen LogP contribution < -0.4 is 0 Å². The zero-order valence-corrected chi connectivity index (χ0v) is 5.95. The fourth-order valence-electron chi connectivity index (χ4n) is 0.143. The van der Waals surface area contributed by atoms with Gasteiger partial charge in [-0.1, -0.05) is 0 Å². The van der Waals surface area contributed by atoms with Crippen LogP contribution in [0.1, 0.15) is 0 Å². The van der Waals surface area contributed by atoms with Gasteiger partial charge in [-0.25, -0.2) is 9.59 Å². The van der Waals surface area contributed by atoms with E-state index in [1.54, 1.807) is 0 Å². The van der Waals surface area contributed by atoms with Gasteiger partial charge in [0.05, 0.1) is 0 Å². The van der Waals surface area contributed by atoms with Crippen LogP contribution in [-0.2, 0) is 9.59 Å². The van der Waals surface area contributed by atoms with Crippen molar-refractivity contribution in [2.75, 3.05) is 0 Å². The summed E-state index contributed by atoms with van der Waals surface area (Å²) >= 11 is 0. The third-order valence-corrected chi connectivity index (χ3v) is 0.368. The van der Waals surface area contributed by atoms with Crippen LogP contribution in [0.25, 0.3) is 0 Å². The highest BCUT2D eigenvalue weighted by Crippen LogP contribution is 2.06. The maximum Gasteiger partial charge on any atom is 0.673 e. The molecule has 0 unspecified atom stereocenters. The predicted octanol–water partition coefficient (Wildman–Crippen LogP) is 1.01. The van der Waals surface area contributed by atoms with Gasteiger partial charge in [0.2, 0.25) is 0 Å². The number of hydrogen-bond donors (Lipinski definition) is 2. The number of carbonyl (C=O) groups is 2. The van der Waals surface area contributed by atoms with Crippen molar-refractivity contribution in [3.8, 4) is 0 Å². The Balaban J connectivity index is 0. The smallest absolute Gasteiger partial charge is 0.478 e. The van der Waals surface area contributed by atoms with E-state index in [4.69, 9.17) is 10.2 Å². The maximum absolute atomic E-state index is 9.75. The first kappa shape index (κ1) is 14.0. The summed E-state index contributed by atoms with van der Waals surface area (Å²) in [6.07, 6.45) is 1.12. The zero-order valence-electron chi connectivity index (χ0n) is 5.95. The molecule has 0 aliphatic heterocycles. The SMILES string of the molecule is F[B-](F)(F)F.O=C(O)/C=C/C(=O)O. The predicted molar refractivity (Wildman–Crippen MR) is 34.6 cm³/mol. The van der Waals surface area contributed by atoms with Crippen LogP contribution in [0.4, 0.5) is 17.3 Å². The molecule has 0 aromatic carbocycles. The monoisotopic (exact) mass is 203 g/mol. The van der Waals surface area contributed by atoms with Crippen LogP contribution in [0.5, 0.6) is 0 Å². The molecule has 76 valence electrons. The second kappa shape index (κ2) is 6.03. The van der Waals surface area contributed by atoms with Crippen molar-refractivity contribution >= 4 is 19.2 Å². The fraction of sp³-hybridized carbons (Fsp3) is 0.